The quantitative estimate of drug-likeness (QED) is 0.684. The van der Waals surface area contributed by atoms with Crippen molar-refractivity contribution in [3.05, 3.63) is 0 Å². The predicted octanol–water partition coefficient (Wildman–Crippen LogP) is 0.685. The van der Waals surface area contributed by atoms with Gasteiger partial charge >= 0.3 is 5.97 Å². The predicted molar refractivity (Wildman–Crippen MR) is 49.7 cm³/mol. The van der Waals surface area contributed by atoms with Crippen LogP contribution in [0.3, 0.4) is 0 Å². The summed E-state index contributed by atoms with van der Waals surface area (Å²) in [5.74, 6) is -0.813. The Bertz CT molecular complexity index is 257. The highest BCUT2D eigenvalue weighted by molar-refractivity contribution is 5.80. The Hall–Kier alpha value is -0.900. The Morgan fingerprint density at radius 2 is 1.71 bits per heavy atom. The molecule has 0 heterocycles. The third kappa shape index (κ3) is 2.12. The lowest BCUT2D eigenvalue weighted by Crippen LogP contribution is -2.06. The molecule has 0 spiro atoms. The van der Waals surface area contributed by atoms with Crippen molar-refractivity contribution >= 4 is 11.8 Å². The molecule has 1 rings (SSSR count). The molecule has 4 heteroatoms. The van der Waals surface area contributed by atoms with Gasteiger partial charge in [0.25, 0.3) is 0 Å². The van der Waals surface area contributed by atoms with E-state index in [2.05, 4.69) is 0 Å². The number of aliphatic carboxylic acids is 1. The van der Waals surface area contributed by atoms with E-state index < -0.39 is 12.6 Å². The maximum Gasteiger partial charge on any atom is 0.303 e. The van der Waals surface area contributed by atoms with Crippen molar-refractivity contribution in [3.63, 3.8) is 0 Å². The van der Waals surface area contributed by atoms with Gasteiger partial charge in [-0.2, -0.15) is 0 Å². The van der Waals surface area contributed by atoms with Crippen molar-refractivity contribution in [2.75, 3.05) is 6.61 Å². The molecular formula is C10H16O4. The number of hydrogen-bond acceptors (Lipinski definition) is 3. The van der Waals surface area contributed by atoms with E-state index in [4.69, 9.17) is 10.2 Å². The van der Waals surface area contributed by atoms with Crippen LogP contribution in [-0.2, 0) is 9.59 Å². The fraction of sp³-hybridized carbons (Fsp3) is 0.800. The fourth-order valence-corrected chi connectivity index (χ4v) is 2.17. The lowest BCUT2D eigenvalue weighted by atomic mass is 10.1. The zero-order valence-corrected chi connectivity index (χ0v) is 8.49. The molecule has 1 saturated carbocycles. The molecule has 1 aliphatic rings. The standard InChI is InChI=1S/C10H16O4/c1-10(2)7(3-6(12)5-11)8(10)4-9(13)14/h7-8,11H,3-5H2,1-2H3,(H,13,14)/t7-,8+/m0/s1. The topological polar surface area (TPSA) is 74.6 Å². The van der Waals surface area contributed by atoms with Gasteiger partial charge in [-0.3, -0.25) is 9.59 Å². The van der Waals surface area contributed by atoms with Gasteiger partial charge in [0.2, 0.25) is 0 Å². The lowest BCUT2D eigenvalue weighted by Gasteiger charge is -1.99. The van der Waals surface area contributed by atoms with E-state index in [1.54, 1.807) is 0 Å². The van der Waals surface area contributed by atoms with Crippen LogP contribution in [-0.4, -0.2) is 28.6 Å². The number of carboxylic acid groups (broad SMARTS) is 1. The van der Waals surface area contributed by atoms with Crippen LogP contribution < -0.4 is 0 Å². The first-order valence-corrected chi connectivity index (χ1v) is 4.74. The first-order chi connectivity index (χ1) is 6.39. The average molecular weight is 200 g/mol. The van der Waals surface area contributed by atoms with Gasteiger partial charge in [-0.25, -0.2) is 0 Å². The number of carbonyl (C=O) groups excluding carboxylic acids is 1. The van der Waals surface area contributed by atoms with Crippen LogP contribution in [0.15, 0.2) is 0 Å². The smallest absolute Gasteiger partial charge is 0.303 e. The molecule has 0 unspecified atom stereocenters. The monoisotopic (exact) mass is 200 g/mol. The second kappa shape index (κ2) is 3.69. The maximum atomic E-state index is 11.0. The van der Waals surface area contributed by atoms with E-state index in [0.29, 0.717) is 6.42 Å². The second-order valence-electron chi connectivity index (χ2n) is 4.53. The first kappa shape index (κ1) is 11.2. The second-order valence-corrected chi connectivity index (χ2v) is 4.53. The van der Waals surface area contributed by atoms with Crippen LogP contribution in [0.4, 0.5) is 0 Å². The van der Waals surface area contributed by atoms with Crippen molar-refractivity contribution in [1.29, 1.82) is 0 Å². The van der Waals surface area contributed by atoms with Crippen molar-refractivity contribution in [2.45, 2.75) is 26.7 Å². The Balaban J connectivity index is 2.48. The minimum Gasteiger partial charge on any atom is -0.481 e. The molecule has 0 saturated heterocycles. The summed E-state index contributed by atoms with van der Waals surface area (Å²) in [6, 6.07) is 0. The minimum atomic E-state index is -0.818. The number of hydrogen-bond donors (Lipinski definition) is 2. The highest BCUT2D eigenvalue weighted by atomic mass is 16.4. The van der Waals surface area contributed by atoms with E-state index in [-0.39, 0.29) is 29.5 Å². The molecule has 1 aliphatic carbocycles. The van der Waals surface area contributed by atoms with Crippen LogP contribution in [0.1, 0.15) is 26.7 Å². The number of ketones is 1. The van der Waals surface area contributed by atoms with Gasteiger partial charge in [-0.05, 0) is 17.3 Å². The number of aliphatic hydroxyl groups is 1. The SMILES string of the molecule is CC1(C)[C@H](CC(=O)O)[C@@H]1CC(=O)CO. The third-order valence-corrected chi connectivity index (χ3v) is 3.31. The molecule has 2 N–H and O–H groups in total. The van der Waals surface area contributed by atoms with Crippen LogP contribution in [0.2, 0.25) is 0 Å². The maximum absolute atomic E-state index is 11.0. The summed E-state index contributed by atoms with van der Waals surface area (Å²) < 4.78 is 0. The van der Waals surface area contributed by atoms with Crippen LogP contribution in [0.5, 0.6) is 0 Å². The highest BCUT2D eigenvalue weighted by Crippen LogP contribution is 2.61. The normalized spacial score (nSPS) is 28.5. The largest absolute Gasteiger partial charge is 0.481 e. The number of rotatable bonds is 5. The summed E-state index contributed by atoms with van der Waals surface area (Å²) in [6.07, 6.45) is 0.428. The molecule has 4 nitrogen and oxygen atoms in total. The average Bonchev–Trinajstić information content (AvgIpc) is 2.55. The Morgan fingerprint density at radius 3 is 2.14 bits per heavy atom. The molecule has 80 valence electrons. The molecule has 0 aromatic rings. The molecule has 2 atom stereocenters. The number of carboxylic acids is 1. The van der Waals surface area contributed by atoms with Gasteiger partial charge in [0.15, 0.2) is 5.78 Å². The first-order valence-electron chi connectivity index (χ1n) is 4.74. The van der Waals surface area contributed by atoms with Gasteiger partial charge in [0.1, 0.15) is 6.61 Å². The van der Waals surface area contributed by atoms with Crippen molar-refractivity contribution in [3.8, 4) is 0 Å². The molecule has 0 bridgehead atoms. The van der Waals surface area contributed by atoms with E-state index in [0.717, 1.165) is 0 Å². The molecule has 0 amide bonds. The molecular weight excluding hydrogens is 184 g/mol. The summed E-state index contributed by atoms with van der Waals surface area (Å²) in [5, 5.41) is 17.2. The molecule has 0 aliphatic heterocycles. The fourth-order valence-electron chi connectivity index (χ4n) is 2.17. The van der Waals surface area contributed by atoms with Gasteiger partial charge < -0.3 is 10.2 Å². The summed E-state index contributed by atoms with van der Waals surface area (Å²) >= 11 is 0. The highest BCUT2D eigenvalue weighted by Gasteiger charge is 2.58. The lowest BCUT2D eigenvalue weighted by molar-refractivity contribution is -0.137. The van der Waals surface area contributed by atoms with Crippen molar-refractivity contribution < 1.29 is 19.8 Å². The summed E-state index contributed by atoms with van der Waals surface area (Å²) in [5.41, 5.74) is -0.0662. The van der Waals surface area contributed by atoms with Gasteiger partial charge in [-0.15, -0.1) is 0 Å². The van der Waals surface area contributed by atoms with E-state index in [1.165, 1.54) is 0 Å². The zero-order valence-electron chi connectivity index (χ0n) is 8.49. The molecule has 14 heavy (non-hydrogen) atoms. The van der Waals surface area contributed by atoms with E-state index in [9.17, 15) is 9.59 Å². The van der Waals surface area contributed by atoms with Crippen LogP contribution in [0.25, 0.3) is 0 Å². The zero-order chi connectivity index (χ0) is 10.9. The Morgan fingerprint density at radius 1 is 1.21 bits per heavy atom. The molecule has 0 aromatic heterocycles. The molecule has 0 radical (unpaired) electrons. The van der Waals surface area contributed by atoms with E-state index in [1.807, 2.05) is 13.8 Å². The Kier molecular flexibility index (Phi) is 2.95. The third-order valence-electron chi connectivity index (χ3n) is 3.31. The van der Waals surface area contributed by atoms with Crippen LogP contribution in [0, 0.1) is 17.3 Å². The number of Topliss-reactive ketones (excluding diaryl/α,β-unsaturated/α-hetero) is 1. The molecule has 0 aromatic carbocycles. The minimum absolute atomic E-state index is 0.0662. The van der Waals surface area contributed by atoms with Gasteiger partial charge in [-0.1, -0.05) is 13.8 Å². The summed E-state index contributed by atoms with van der Waals surface area (Å²) in [7, 11) is 0. The van der Waals surface area contributed by atoms with Gasteiger partial charge in [0.05, 0.1) is 0 Å². The van der Waals surface area contributed by atoms with E-state index >= 15 is 0 Å². The summed E-state index contributed by atoms with van der Waals surface area (Å²) in [4.78, 5) is 21.5. The van der Waals surface area contributed by atoms with Gasteiger partial charge in [0, 0.05) is 12.8 Å². The van der Waals surface area contributed by atoms with Crippen molar-refractivity contribution in [1.82, 2.24) is 0 Å². The van der Waals surface area contributed by atoms with Crippen LogP contribution >= 0.6 is 0 Å². The summed E-state index contributed by atoms with van der Waals surface area (Å²) in [6.45, 7) is 3.50. The molecule has 1 fully saturated rings. The van der Waals surface area contributed by atoms with Crippen molar-refractivity contribution in [2.24, 2.45) is 17.3 Å². The Labute approximate surface area is 82.9 Å². The number of carbonyl (C=O) groups is 2. The number of aliphatic hydroxyl groups excluding tert-OH is 1.